The first kappa shape index (κ1) is 21.9. The number of carboxylic acid groups (broad SMARTS) is 1. The largest absolute Gasteiger partial charge is 0.480 e. The van der Waals surface area contributed by atoms with Crippen molar-refractivity contribution in [3.63, 3.8) is 0 Å². The van der Waals surface area contributed by atoms with Crippen LogP contribution in [0.4, 0.5) is 4.79 Å². The lowest BCUT2D eigenvalue weighted by Gasteiger charge is -2.23. The smallest absolute Gasteiger partial charge is 0.407 e. The average Bonchev–Trinajstić information content (AvgIpc) is 2.49. The lowest BCUT2D eigenvalue weighted by atomic mass is 10.2. The van der Waals surface area contributed by atoms with Crippen LogP contribution in [-0.2, 0) is 20.9 Å². The van der Waals surface area contributed by atoms with Gasteiger partial charge in [-0.05, 0) is 27.7 Å². The van der Waals surface area contributed by atoms with Gasteiger partial charge in [0.2, 0.25) is 5.91 Å². The molecular weight excluding hydrogens is 360 g/mol. The number of carbonyl (C=O) groups is 3. The van der Waals surface area contributed by atoms with Gasteiger partial charge in [-0.15, -0.1) is 0 Å². The third kappa shape index (κ3) is 7.75. The number of nitrogens with zero attached hydrogens (tertiary/aromatic N) is 2. The molecule has 0 unspecified atom stereocenters. The third-order valence-corrected chi connectivity index (χ3v) is 3.22. The lowest BCUT2D eigenvalue weighted by Crippen LogP contribution is -2.45. The molecule has 0 aliphatic carbocycles. The molecule has 0 radical (unpaired) electrons. The molecule has 0 bridgehead atoms. The molecule has 0 fully saturated rings. The predicted octanol–water partition coefficient (Wildman–Crippen LogP) is -0.717. The second-order valence-electron chi connectivity index (χ2n) is 6.84. The van der Waals surface area contributed by atoms with Gasteiger partial charge in [0.1, 0.15) is 18.7 Å². The number of carboxylic acids is 1. The molecule has 0 aliphatic rings. The molecule has 0 saturated carbocycles. The zero-order valence-corrected chi connectivity index (χ0v) is 15.7. The van der Waals surface area contributed by atoms with E-state index in [0.717, 1.165) is 9.47 Å². The third-order valence-electron chi connectivity index (χ3n) is 3.22. The molecule has 1 heterocycles. The van der Waals surface area contributed by atoms with Crippen molar-refractivity contribution in [2.75, 3.05) is 19.6 Å². The minimum atomic E-state index is -1.24. The number of nitrogens with one attached hydrogen (secondary N) is 2. The van der Waals surface area contributed by atoms with Gasteiger partial charge >= 0.3 is 17.8 Å². The Balaban J connectivity index is 2.76. The Morgan fingerprint density at radius 1 is 1.30 bits per heavy atom. The molecule has 0 atom stereocenters. The Labute approximate surface area is 154 Å². The number of alkyl carbamates (subject to hydrolysis) is 1. The van der Waals surface area contributed by atoms with Crippen LogP contribution >= 0.6 is 0 Å². The maximum absolute atomic E-state index is 12.4. The Morgan fingerprint density at radius 3 is 2.48 bits per heavy atom. The number of aryl methyl sites for hydroxylation is 1. The van der Waals surface area contributed by atoms with Gasteiger partial charge < -0.3 is 20.1 Å². The number of carbonyl (C=O) groups excluding carboxylic acids is 2. The summed E-state index contributed by atoms with van der Waals surface area (Å²) in [6.07, 6.45) is 0.523. The van der Waals surface area contributed by atoms with Crippen molar-refractivity contribution in [1.82, 2.24) is 19.8 Å². The van der Waals surface area contributed by atoms with Gasteiger partial charge in [-0.25, -0.2) is 9.59 Å². The van der Waals surface area contributed by atoms with Gasteiger partial charge in [-0.1, -0.05) is 0 Å². The SMILES string of the molecule is Cc1cn(CC(=O)N(CCNC(=O)OC(C)(C)C)CC(=O)O)c(=O)[nH]c1=O. The summed E-state index contributed by atoms with van der Waals surface area (Å²) in [5, 5.41) is 11.4. The van der Waals surface area contributed by atoms with E-state index < -0.39 is 47.9 Å². The number of amides is 2. The van der Waals surface area contributed by atoms with Gasteiger partial charge in [-0.2, -0.15) is 0 Å². The van der Waals surface area contributed by atoms with Crippen LogP contribution in [0, 0.1) is 6.92 Å². The first-order chi connectivity index (χ1) is 12.4. The number of aliphatic carboxylic acids is 1. The summed E-state index contributed by atoms with van der Waals surface area (Å²) < 4.78 is 6.03. The summed E-state index contributed by atoms with van der Waals surface area (Å²) in [4.78, 5) is 61.1. The molecular formula is C16H24N4O7. The fourth-order valence-electron chi connectivity index (χ4n) is 2.04. The van der Waals surface area contributed by atoms with E-state index in [9.17, 15) is 24.0 Å². The number of hydrogen-bond donors (Lipinski definition) is 3. The summed E-state index contributed by atoms with van der Waals surface area (Å²) in [5.41, 5.74) is -1.79. The van der Waals surface area contributed by atoms with E-state index in [-0.39, 0.29) is 18.7 Å². The average molecular weight is 384 g/mol. The number of ether oxygens (including phenoxy) is 1. The van der Waals surface area contributed by atoms with Crippen molar-refractivity contribution < 1.29 is 24.2 Å². The van der Waals surface area contributed by atoms with Crippen LogP contribution in [0.3, 0.4) is 0 Å². The van der Waals surface area contributed by atoms with Gasteiger partial charge in [0, 0.05) is 24.8 Å². The molecule has 1 aromatic rings. The molecule has 0 spiro atoms. The van der Waals surface area contributed by atoms with E-state index in [1.165, 1.54) is 13.1 Å². The molecule has 27 heavy (non-hydrogen) atoms. The number of rotatable bonds is 7. The molecule has 2 amide bonds. The Morgan fingerprint density at radius 2 is 1.93 bits per heavy atom. The maximum Gasteiger partial charge on any atom is 0.407 e. The fourth-order valence-corrected chi connectivity index (χ4v) is 2.04. The van der Waals surface area contributed by atoms with E-state index in [0.29, 0.717) is 0 Å². The predicted molar refractivity (Wildman–Crippen MR) is 94.5 cm³/mol. The van der Waals surface area contributed by atoms with Crippen LogP contribution in [-0.4, -0.2) is 62.8 Å². The number of aromatic amines is 1. The van der Waals surface area contributed by atoms with Crippen LogP contribution in [0.2, 0.25) is 0 Å². The van der Waals surface area contributed by atoms with Crippen LogP contribution in [0.25, 0.3) is 0 Å². The lowest BCUT2D eigenvalue weighted by molar-refractivity contribution is -0.144. The zero-order valence-electron chi connectivity index (χ0n) is 15.7. The molecule has 1 rings (SSSR count). The van der Waals surface area contributed by atoms with E-state index in [1.807, 2.05) is 0 Å². The fraction of sp³-hybridized carbons (Fsp3) is 0.562. The minimum Gasteiger partial charge on any atom is -0.480 e. The standard InChI is InChI=1S/C16H24N4O7/c1-10-7-20(14(25)18-13(10)24)8-11(21)19(9-12(22)23)6-5-17-15(26)27-16(2,3)4/h7H,5-6,8-9H2,1-4H3,(H,17,26)(H,22,23)(H,18,24,25). The van der Waals surface area contributed by atoms with Crippen LogP contribution in [0.15, 0.2) is 15.8 Å². The number of H-pyrrole nitrogens is 1. The maximum atomic E-state index is 12.4. The number of hydrogen-bond acceptors (Lipinski definition) is 6. The van der Waals surface area contributed by atoms with Crippen molar-refractivity contribution in [1.29, 1.82) is 0 Å². The van der Waals surface area contributed by atoms with Gasteiger partial charge in [0.15, 0.2) is 0 Å². The summed E-state index contributed by atoms with van der Waals surface area (Å²) in [7, 11) is 0. The summed E-state index contributed by atoms with van der Waals surface area (Å²) >= 11 is 0. The van der Waals surface area contributed by atoms with Crippen LogP contribution in [0.5, 0.6) is 0 Å². The zero-order chi connectivity index (χ0) is 20.8. The van der Waals surface area contributed by atoms with Gasteiger partial charge in [-0.3, -0.25) is 23.9 Å². The number of aromatic nitrogens is 2. The van der Waals surface area contributed by atoms with E-state index in [2.05, 4.69) is 10.3 Å². The van der Waals surface area contributed by atoms with E-state index in [1.54, 1.807) is 20.8 Å². The molecule has 0 saturated heterocycles. The monoisotopic (exact) mass is 384 g/mol. The highest BCUT2D eigenvalue weighted by Gasteiger charge is 2.20. The molecule has 1 aromatic heterocycles. The summed E-state index contributed by atoms with van der Waals surface area (Å²) in [6.45, 7) is 5.36. The van der Waals surface area contributed by atoms with E-state index in [4.69, 9.17) is 9.84 Å². The summed E-state index contributed by atoms with van der Waals surface area (Å²) in [5.74, 6) is -1.90. The Hall–Kier alpha value is -3.11. The van der Waals surface area contributed by atoms with E-state index >= 15 is 0 Å². The summed E-state index contributed by atoms with van der Waals surface area (Å²) in [6, 6.07) is 0. The second kappa shape index (κ2) is 9.01. The highest BCUT2D eigenvalue weighted by Crippen LogP contribution is 2.06. The van der Waals surface area contributed by atoms with Gasteiger partial charge in [0.05, 0.1) is 0 Å². The molecule has 11 nitrogen and oxygen atoms in total. The highest BCUT2D eigenvalue weighted by atomic mass is 16.6. The second-order valence-corrected chi connectivity index (χ2v) is 6.84. The van der Waals surface area contributed by atoms with Crippen molar-refractivity contribution in [2.24, 2.45) is 0 Å². The van der Waals surface area contributed by atoms with Crippen LogP contribution in [0.1, 0.15) is 26.3 Å². The quantitative estimate of drug-likeness (QED) is 0.561. The van der Waals surface area contributed by atoms with Crippen molar-refractivity contribution in [3.05, 3.63) is 32.6 Å². The van der Waals surface area contributed by atoms with Crippen molar-refractivity contribution in [2.45, 2.75) is 39.8 Å². The molecule has 0 aliphatic heterocycles. The Kier molecular flexibility index (Phi) is 7.32. The Bertz CT molecular complexity index is 819. The molecule has 11 heteroatoms. The van der Waals surface area contributed by atoms with Crippen LogP contribution < -0.4 is 16.6 Å². The first-order valence-corrected chi connectivity index (χ1v) is 8.16. The van der Waals surface area contributed by atoms with Crippen molar-refractivity contribution >= 4 is 18.0 Å². The topological polar surface area (TPSA) is 151 Å². The normalized spacial score (nSPS) is 11.0. The molecule has 0 aromatic carbocycles. The van der Waals surface area contributed by atoms with Gasteiger partial charge in [0.25, 0.3) is 5.56 Å². The molecule has 150 valence electrons. The minimum absolute atomic E-state index is 0.0342. The molecule has 3 N–H and O–H groups in total. The highest BCUT2D eigenvalue weighted by molar-refractivity contribution is 5.81. The first-order valence-electron chi connectivity index (χ1n) is 8.16. The van der Waals surface area contributed by atoms with Crippen molar-refractivity contribution in [3.8, 4) is 0 Å².